The molecule has 122 valence electrons. The minimum atomic E-state index is -4.45. The van der Waals surface area contributed by atoms with Crippen LogP contribution in [0.4, 0.5) is 13.2 Å². The Kier molecular flexibility index (Phi) is 3.75. The molecule has 0 bridgehead atoms. The minimum absolute atomic E-state index is 0.0335. The van der Waals surface area contributed by atoms with Gasteiger partial charge in [-0.2, -0.15) is 18.2 Å². The summed E-state index contributed by atoms with van der Waals surface area (Å²) in [4.78, 5) is 4.04. The average molecular weight is 344 g/mol. The van der Waals surface area contributed by atoms with Gasteiger partial charge in [0.15, 0.2) is 9.84 Å². The monoisotopic (exact) mass is 344 g/mol. The maximum Gasteiger partial charge on any atom is 0.416 e. The number of alkyl halides is 3. The molecule has 0 spiro atoms. The molecule has 3 rings (SSSR count). The van der Waals surface area contributed by atoms with Gasteiger partial charge in [-0.15, -0.1) is 0 Å². The number of nitrogens with zero attached hydrogens (tertiary/aromatic N) is 2. The topological polar surface area (TPSA) is 73.1 Å². The van der Waals surface area contributed by atoms with E-state index in [2.05, 4.69) is 10.1 Å². The van der Waals surface area contributed by atoms with Gasteiger partial charge in [-0.05, 0) is 12.1 Å². The normalized spacial score (nSPS) is 20.0. The van der Waals surface area contributed by atoms with Crippen LogP contribution >= 0.6 is 0 Å². The summed E-state index contributed by atoms with van der Waals surface area (Å²) in [7, 11) is -3.18. The predicted octanol–water partition coefficient (Wildman–Crippen LogP) is 2.86. The lowest BCUT2D eigenvalue weighted by Gasteiger charge is -2.06. The van der Waals surface area contributed by atoms with Gasteiger partial charge in [0.05, 0.1) is 11.3 Å². The molecule has 0 radical (unpaired) electrons. The fourth-order valence-corrected chi connectivity index (χ4v) is 3.68. The van der Waals surface area contributed by atoms with Gasteiger partial charge in [0.25, 0.3) is 0 Å². The Labute approximate surface area is 129 Å². The fourth-order valence-electron chi connectivity index (χ4n) is 2.28. The third-order valence-corrected chi connectivity index (χ3v) is 4.82. The Hall–Kier alpha value is -2.16. The summed E-state index contributed by atoms with van der Waals surface area (Å²) in [6.45, 7) is 0. The molecular formula is C14H11F3N2O3S. The predicted molar refractivity (Wildman–Crippen MR) is 74.9 cm³/mol. The van der Waals surface area contributed by atoms with E-state index in [1.54, 1.807) is 6.08 Å². The Bertz CT molecular complexity index is 856. The van der Waals surface area contributed by atoms with Crippen LogP contribution in [0.25, 0.3) is 11.4 Å². The van der Waals surface area contributed by atoms with Crippen LogP contribution in [-0.4, -0.2) is 24.3 Å². The third kappa shape index (κ3) is 3.61. The van der Waals surface area contributed by atoms with Crippen molar-refractivity contribution in [1.29, 1.82) is 0 Å². The molecule has 1 unspecified atom stereocenters. The van der Waals surface area contributed by atoms with Gasteiger partial charge >= 0.3 is 6.18 Å². The van der Waals surface area contributed by atoms with E-state index in [1.807, 2.05) is 0 Å². The van der Waals surface area contributed by atoms with Crippen molar-refractivity contribution in [2.24, 2.45) is 5.92 Å². The van der Waals surface area contributed by atoms with Crippen LogP contribution in [0.2, 0.25) is 0 Å². The van der Waals surface area contributed by atoms with Crippen LogP contribution in [0.5, 0.6) is 0 Å². The lowest BCUT2D eigenvalue weighted by molar-refractivity contribution is -0.137. The zero-order valence-corrected chi connectivity index (χ0v) is 12.4. The molecule has 1 aromatic heterocycles. The van der Waals surface area contributed by atoms with Gasteiger partial charge in [-0.25, -0.2) is 8.42 Å². The first-order valence-electron chi connectivity index (χ1n) is 6.64. The second kappa shape index (κ2) is 5.48. The molecular weight excluding hydrogens is 333 g/mol. The Morgan fingerprint density at radius 2 is 2.09 bits per heavy atom. The summed E-state index contributed by atoms with van der Waals surface area (Å²) in [5.74, 6) is -0.0798. The standard InChI is InChI=1S/C14H11F3N2O3S/c15-14(16,17)11-3-1-2-10(7-11)13-18-12(22-19-13)6-9-4-5-23(20,21)8-9/h1-5,7,9H,6,8H2. The highest BCUT2D eigenvalue weighted by Gasteiger charge is 2.31. The van der Waals surface area contributed by atoms with Crippen molar-refractivity contribution in [2.45, 2.75) is 12.6 Å². The second-order valence-corrected chi connectivity index (χ2v) is 7.14. The van der Waals surface area contributed by atoms with Crippen molar-refractivity contribution in [2.75, 3.05) is 5.75 Å². The second-order valence-electron chi connectivity index (χ2n) is 5.21. The molecule has 0 N–H and O–H groups in total. The zero-order valence-electron chi connectivity index (χ0n) is 11.6. The molecule has 1 aromatic carbocycles. The largest absolute Gasteiger partial charge is 0.416 e. The first kappa shape index (κ1) is 15.7. The first-order chi connectivity index (χ1) is 10.7. The maximum atomic E-state index is 12.7. The highest BCUT2D eigenvalue weighted by molar-refractivity contribution is 7.94. The number of rotatable bonds is 3. The SMILES string of the molecule is O=S1(=O)C=CC(Cc2nc(-c3cccc(C(F)(F)F)c3)no2)C1. The van der Waals surface area contributed by atoms with E-state index in [-0.39, 0.29) is 35.4 Å². The first-order valence-corrected chi connectivity index (χ1v) is 8.36. The molecule has 1 aliphatic rings. The van der Waals surface area contributed by atoms with E-state index >= 15 is 0 Å². The van der Waals surface area contributed by atoms with E-state index in [4.69, 9.17) is 4.52 Å². The van der Waals surface area contributed by atoms with Gasteiger partial charge in [0.2, 0.25) is 11.7 Å². The van der Waals surface area contributed by atoms with Crippen molar-refractivity contribution in [3.8, 4) is 11.4 Å². The van der Waals surface area contributed by atoms with Crippen molar-refractivity contribution >= 4 is 9.84 Å². The lowest BCUT2D eigenvalue weighted by Crippen LogP contribution is -2.08. The molecule has 23 heavy (non-hydrogen) atoms. The van der Waals surface area contributed by atoms with E-state index in [0.29, 0.717) is 0 Å². The molecule has 0 aliphatic carbocycles. The van der Waals surface area contributed by atoms with Crippen LogP contribution in [0.3, 0.4) is 0 Å². The van der Waals surface area contributed by atoms with Gasteiger partial charge in [0.1, 0.15) is 0 Å². The molecule has 0 fully saturated rings. The number of aromatic nitrogens is 2. The minimum Gasteiger partial charge on any atom is -0.339 e. The molecule has 0 saturated carbocycles. The smallest absolute Gasteiger partial charge is 0.339 e. The molecule has 5 nitrogen and oxygen atoms in total. The van der Waals surface area contributed by atoms with Crippen LogP contribution in [0, 0.1) is 5.92 Å². The third-order valence-electron chi connectivity index (χ3n) is 3.36. The lowest BCUT2D eigenvalue weighted by atomic mass is 10.1. The molecule has 0 amide bonds. The number of benzene rings is 1. The van der Waals surface area contributed by atoms with E-state index < -0.39 is 21.6 Å². The zero-order chi connectivity index (χ0) is 16.7. The summed E-state index contributed by atoms with van der Waals surface area (Å²) in [6.07, 6.45) is -2.68. The van der Waals surface area contributed by atoms with Crippen LogP contribution < -0.4 is 0 Å². The molecule has 1 atom stereocenters. The average Bonchev–Trinajstić information content (AvgIpc) is 3.05. The van der Waals surface area contributed by atoms with Gasteiger partial charge in [-0.1, -0.05) is 23.4 Å². The number of halogens is 3. The molecule has 2 aromatic rings. The summed E-state index contributed by atoms with van der Waals surface area (Å²) in [5.41, 5.74) is -0.615. The summed E-state index contributed by atoms with van der Waals surface area (Å²) in [5, 5.41) is 4.80. The van der Waals surface area contributed by atoms with E-state index in [0.717, 1.165) is 17.5 Å². The Balaban J connectivity index is 1.79. The van der Waals surface area contributed by atoms with Crippen LogP contribution in [0.15, 0.2) is 40.3 Å². The van der Waals surface area contributed by atoms with E-state index in [1.165, 1.54) is 12.1 Å². The molecule has 0 saturated heterocycles. The maximum absolute atomic E-state index is 12.7. The van der Waals surface area contributed by atoms with Crippen molar-refractivity contribution < 1.29 is 26.1 Å². The highest BCUT2D eigenvalue weighted by Crippen LogP contribution is 2.31. The van der Waals surface area contributed by atoms with Crippen molar-refractivity contribution in [3.63, 3.8) is 0 Å². The number of hydrogen-bond acceptors (Lipinski definition) is 5. The van der Waals surface area contributed by atoms with E-state index in [9.17, 15) is 21.6 Å². The number of sulfone groups is 1. The molecule has 1 aliphatic heterocycles. The summed E-state index contributed by atoms with van der Waals surface area (Å²) < 4.78 is 65.8. The van der Waals surface area contributed by atoms with Crippen LogP contribution in [-0.2, 0) is 22.4 Å². The number of allylic oxidation sites excluding steroid dienone is 1. The van der Waals surface area contributed by atoms with Crippen LogP contribution in [0.1, 0.15) is 11.5 Å². The van der Waals surface area contributed by atoms with Crippen molar-refractivity contribution in [3.05, 3.63) is 47.2 Å². The number of hydrogen-bond donors (Lipinski definition) is 0. The fraction of sp³-hybridized carbons (Fsp3) is 0.286. The van der Waals surface area contributed by atoms with Gasteiger partial charge in [-0.3, -0.25) is 0 Å². The Morgan fingerprint density at radius 1 is 1.30 bits per heavy atom. The molecule has 2 heterocycles. The highest BCUT2D eigenvalue weighted by atomic mass is 32.2. The summed E-state index contributed by atoms with van der Waals surface area (Å²) in [6, 6.07) is 4.61. The molecule has 9 heteroatoms. The Morgan fingerprint density at radius 3 is 2.74 bits per heavy atom. The summed E-state index contributed by atoms with van der Waals surface area (Å²) >= 11 is 0. The quantitative estimate of drug-likeness (QED) is 0.856. The van der Waals surface area contributed by atoms with Gasteiger partial charge in [0, 0.05) is 23.3 Å². The van der Waals surface area contributed by atoms with Crippen molar-refractivity contribution in [1.82, 2.24) is 10.1 Å². The van der Waals surface area contributed by atoms with Gasteiger partial charge < -0.3 is 4.52 Å².